The highest BCUT2D eigenvalue weighted by molar-refractivity contribution is 7.09. The van der Waals surface area contributed by atoms with Crippen LogP contribution in [-0.2, 0) is 16.1 Å². The highest BCUT2D eigenvalue weighted by atomic mass is 32.1. The number of ether oxygens (including phenoxy) is 1. The fourth-order valence-corrected chi connectivity index (χ4v) is 4.52. The number of carboxylic acid groups (broad SMARTS) is 1. The van der Waals surface area contributed by atoms with Gasteiger partial charge in [0.1, 0.15) is 11.6 Å². The molecule has 3 N–H and O–H groups in total. The number of fused-ring (bicyclic) bond motifs is 3. The molecule has 1 aliphatic rings. The third kappa shape index (κ3) is 5.27. The Hall–Kier alpha value is -3.93. The maximum absolute atomic E-state index is 13.5. The van der Waals surface area contributed by atoms with Crippen LogP contribution >= 0.6 is 11.3 Å². The number of benzene rings is 2. The van der Waals surface area contributed by atoms with Crippen LogP contribution in [0.5, 0.6) is 0 Å². The lowest BCUT2D eigenvalue weighted by molar-refractivity contribution is -0.167. The number of nitrogens with zero attached hydrogens (tertiary/aromatic N) is 1. The van der Waals surface area contributed by atoms with E-state index in [1.54, 1.807) is 5.32 Å². The average Bonchev–Trinajstić information content (AvgIpc) is 3.42. The van der Waals surface area contributed by atoms with Gasteiger partial charge in [-0.25, -0.2) is 14.6 Å². The Morgan fingerprint density at radius 1 is 1.06 bits per heavy atom. The van der Waals surface area contributed by atoms with Crippen LogP contribution in [0.2, 0.25) is 0 Å². The number of amides is 2. The number of hydrogen-bond donors (Lipinski definition) is 3. The third-order valence-corrected chi connectivity index (χ3v) is 6.23. The summed E-state index contributed by atoms with van der Waals surface area (Å²) in [5.41, 5.74) is 3.39. The van der Waals surface area contributed by atoms with Gasteiger partial charge in [-0.05, 0) is 22.3 Å². The number of nitrogens with one attached hydrogen (secondary N) is 2. The maximum Gasteiger partial charge on any atom is 0.417 e. The van der Waals surface area contributed by atoms with Crippen molar-refractivity contribution < 1.29 is 37.4 Å². The quantitative estimate of drug-likeness (QED) is 0.448. The van der Waals surface area contributed by atoms with E-state index in [9.17, 15) is 27.6 Å². The van der Waals surface area contributed by atoms with Crippen molar-refractivity contribution >= 4 is 29.3 Å². The molecule has 0 aliphatic heterocycles. The van der Waals surface area contributed by atoms with Gasteiger partial charge in [0.2, 0.25) is 6.04 Å². The second-order valence-electron chi connectivity index (χ2n) is 7.59. The van der Waals surface area contributed by atoms with E-state index in [4.69, 9.17) is 9.84 Å². The number of carboxylic acids is 1. The second kappa shape index (κ2) is 9.74. The third-order valence-electron chi connectivity index (χ3n) is 5.38. The number of alkyl carbamates (subject to hydrolysis) is 1. The Morgan fingerprint density at radius 3 is 2.20 bits per heavy atom. The van der Waals surface area contributed by atoms with E-state index in [2.05, 4.69) is 4.98 Å². The van der Waals surface area contributed by atoms with E-state index < -0.39 is 36.7 Å². The van der Waals surface area contributed by atoms with E-state index in [1.165, 1.54) is 5.38 Å². The molecule has 8 nitrogen and oxygen atoms in total. The summed E-state index contributed by atoms with van der Waals surface area (Å²) in [6, 6.07) is 12.1. The molecule has 0 bridgehead atoms. The first-order chi connectivity index (χ1) is 16.6. The van der Waals surface area contributed by atoms with E-state index in [0.717, 1.165) is 33.6 Å². The van der Waals surface area contributed by atoms with Crippen molar-refractivity contribution in [3.63, 3.8) is 0 Å². The minimum atomic E-state index is -5.09. The van der Waals surface area contributed by atoms with Gasteiger partial charge in [0.05, 0.1) is 6.54 Å². The lowest BCUT2D eigenvalue weighted by Gasteiger charge is -2.21. The number of halogens is 3. The van der Waals surface area contributed by atoms with Crippen LogP contribution in [0.25, 0.3) is 11.1 Å². The zero-order chi connectivity index (χ0) is 25.2. The van der Waals surface area contributed by atoms with E-state index in [1.807, 2.05) is 53.8 Å². The molecule has 1 aromatic heterocycles. The van der Waals surface area contributed by atoms with Crippen LogP contribution < -0.4 is 10.6 Å². The van der Waals surface area contributed by atoms with Gasteiger partial charge in [-0.1, -0.05) is 48.5 Å². The predicted molar refractivity (Wildman–Crippen MR) is 119 cm³/mol. The standard InChI is InChI=1S/C23H18F3N3O5S/c24-23(25,26)19(20(30)27-9-18-28-17(11-35-18)21(31)32)29-22(33)34-10-16-14-7-3-1-5-12(14)13-6-2-4-8-15(13)16/h1-8,11,16,19H,9-10H2,(H,27,30)(H,29,33)(H,31,32). The largest absolute Gasteiger partial charge is 0.476 e. The summed E-state index contributed by atoms with van der Waals surface area (Å²) < 4.78 is 45.5. The molecular formula is C23H18F3N3O5S. The number of aromatic carboxylic acids is 1. The molecule has 2 amide bonds. The lowest BCUT2D eigenvalue weighted by Crippen LogP contribution is -2.55. The van der Waals surface area contributed by atoms with Gasteiger partial charge >= 0.3 is 18.2 Å². The first-order valence-electron chi connectivity index (χ1n) is 10.3. The molecule has 1 heterocycles. The van der Waals surface area contributed by atoms with Gasteiger partial charge in [-0.15, -0.1) is 11.3 Å². The molecule has 3 aromatic rings. The Kier molecular flexibility index (Phi) is 6.74. The van der Waals surface area contributed by atoms with Gasteiger partial charge in [0.25, 0.3) is 5.91 Å². The van der Waals surface area contributed by atoms with Crippen LogP contribution in [0.15, 0.2) is 53.9 Å². The van der Waals surface area contributed by atoms with Gasteiger partial charge in [-0.2, -0.15) is 13.2 Å². The fourth-order valence-electron chi connectivity index (χ4n) is 3.81. The van der Waals surface area contributed by atoms with Crippen molar-refractivity contribution in [1.29, 1.82) is 0 Å². The first-order valence-corrected chi connectivity index (χ1v) is 11.2. The summed E-state index contributed by atoms with van der Waals surface area (Å²) in [5.74, 6) is -3.19. The summed E-state index contributed by atoms with van der Waals surface area (Å²) in [4.78, 5) is 39.0. The smallest absolute Gasteiger partial charge is 0.417 e. The fraction of sp³-hybridized carbons (Fsp3) is 0.217. The molecule has 0 saturated carbocycles. The molecule has 12 heteroatoms. The zero-order valence-corrected chi connectivity index (χ0v) is 18.7. The summed E-state index contributed by atoms with van der Waals surface area (Å²) in [6.07, 6.45) is -6.49. The van der Waals surface area contributed by atoms with Gasteiger partial charge in [0.15, 0.2) is 5.69 Å². The minimum Gasteiger partial charge on any atom is -0.476 e. The second-order valence-corrected chi connectivity index (χ2v) is 8.54. The van der Waals surface area contributed by atoms with Crippen molar-refractivity contribution in [2.75, 3.05) is 6.61 Å². The van der Waals surface area contributed by atoms with Gasteiger partial charge in [0, 0.05) is 11.3 Å². The van der Waals surface area contributed by atoms with Crippen molar-refractivity contribution in [2.45, 2.75) is 24.7 Å². The molecule has 35 heavy (non-hydrogen) atoms. The molecule has 0 radical (unpaired) electrons. The van der Waals surface area contributed by atoms with Crippen LogP contribution in [0.1, 0.15) is 32.5 Å². The highest BCUT2D eigenvalue weighted by Crippen LogP contribution is 2.44. The SMILES string of the molecule is O=C(NC(C(=O)NCc1nc(C(=O)O)cs1)C(F)(F)F)OCC1c2ccccc2-c2ccccc21. The van der Waals surface area contributed by atoms with Crippen LogP contribution in [0.4, 0.5) is 18.0 Å². The molecule has 0 spiro atoms. The van der Waals surface area contributed by atoms with Crippen LogP contribution in [0, 0.1) is 0 Å². The Bertz CT molecular complexity index is 1230. The maximum atomic E-state index is 13.5. The molecule has 2 aromatic carbocycles. The molecule has 1 atom stereocenters. The minimum absolute atomic E-state index is 0.0952. The summed E-state index contributed by atoms with van der Waals surface area (Å²) >= 11 is 0.864. The molecule has 1 unspecified atom stereocenters. The number of carbonyl (C=O) groups excluding carboxylic acids is 2. The number of alkyl halides is 3. The summed E-state index contributed by atoms with van der Waals surface area (Å²) in [7, 11) is 0. The average molecular weight is 505 g/mol. The van der Waals surface area contributed by atoms with E-state index in [0.29, 0.717) is 0 Å². The number of thiazole rings is 1. The molecule has 4 rings (SSSR count). The Morgan fingerprint density at radius 2 is 1.66 bits per heavy atom. The summed E-state index contributed by atoms with van der Waals surface area (Å²) in [6.45, 7) is -0.654. The molecule has 1 aliphatic carbocycles. The summed E-state index contributed by atoms with van der Waals surface area (Å²) in [5, 5.41) is 13.7. The molecule has 182 valence electrons. The van der Waals surface area contributed by atoms with Crippen LogP contribution in [-0.4, -0.2) is 46.9 Å². The molecule has 0 fully saturated rings. The van der Waals surface area contributed by atoms with Crippen molar-refractivity contribution in [2.24, 2.45) is 0 Å². The number of aromatic nitrogens is 1. The molecule has 0 saturated heterocycles. The monoisotopic (exact) mass is 505 g/mol. The Labute approximate surface area is 200 Å². The number of hydrogen-bond acceptors (Lipinski definition) is 6. The van der Waals surface area contributed by atoms with Crippen LogP contribution in [0.3, 0.4) is 0 Å². The molecular weight excluding hydrogens is 487 g/mol. The first kappa shape index (κ1) is 24.2. The number of carbonyl (C=O) groups is 3. The normalized spacial score (nSPS) is 13.5. The predicted octanol–water partition coefficient (Wildman–Crippen LogP) is 3.93. The van der Waals surface area contributed by atoms with Crippen molar-refractivity contribution in [3.05, 3.63) is 75.7 Å². The highest BCUT2D eigenvalue weighted by Gasteiger charge is 2.46. The number of rotatable bonds is 7. The van der Waals surface area contributed by atoms with Crippen molar-refractivity contribution in [3.8, 4) is 11.1 Å². The van der Waals surface area contributed by atoms with Crippen molar-refractivity contribution in [1.82, 2.24) is 15.6 Å². The van der Waals surface area contributed by atoms with Gasteiger partial charge < -0.3 is 20.5 Å². The van der Waals surface area contributed by atoms with E-state index >= 15 is 0 Å². The zero-order valence-electron chi connectivity index (χ0n) is 17.8. The van der Waals surface area contributed by atoms with Gasteiger partial charge in [-0.3, -0.25) is 4.79 Å². The lowest BCUT2D eigenvalue weighted by atomic mass is 9.98. The van der Waals surface area contributed by atoms with E-state index in [-0.39, 0.29) is 23.2 Å². The topological polar surface area (TPSA) is 118 Å². The Balaban J connectivity index is 1.39.